The number of hydrogen-bond acceptors (Lipinski definition) is 3. The molecule has 1 amide bonds. The van der Waals surface area contributed by atoms with E-state index < -0.39 is 0 Å². The van der Waals surface area contributed by atoms with Crippen LogP contribution in [0.4, 0.5) is 0 Å². The van der Waals surface area contributed by atoms with Gasteiger partial charge in [-0.1, -0.05) is 0 Å². The van der Waals surface area contributed by atoms with Crippen LogP contribution in [0.1, 0.15) is 49.1 Å². The standard InChI is InChI=1S/C17H26N4O/c1-19-16(14-4-2-5-15(14)18-19)12-20-10-7-13(8-11-20)21-9-3-6-17(21)22/h13H,2-12H2,1H3. The van der Waals surface area contributed by atoms with Gasteiger partial charge in [0.25, 0.3) is 0 Å². The van der Waals surface area contributed by atoms with Crippen molar-refractivity contribution in [3.8, 4) is 0 Å². The molecule has 0 radical (unpaired) electrons. The molecule has 120 valence electrons. The molecule has 0 N–H and O–H groups in total. The van der Waals surface area contributed by atoms with Gasteiger partial charge in [0.15, 0.2) is 0 Å². The number of hydrogen-bond donors (Lipinski definition) is 0. The molecule has 0 saturated carbocycles. The van der Waals surface area contributed by atoms with Crippen molar-refractivity contribution in [1.29, 1.82) is 0 Å². The lowest BCUT2D eigenvalue weighted by Gasteiger charge is -2.36. The average molecular weight is 302 g/mol. The Balaban J connectivity index is 1.37. The Bertz CT molecular complexity index is 571. The Hall–Kier alpha value is -1.36. The monoisotopic (exact) mass is 302 g/mol. The van der Waals surface area contributed by atoms with E-state index in [0.29, 0.717) is 11.9 Å². The summed E-state index contributed by atoms with van der Waals surface area (Å²) < 4.78 is 2.10. The van der Waals surface area contributed by atoms with E-state index in [4.69, 9.17) is 0 Å². The first-order valence-corrected chi connectivity index (χ1v) is 8.78. The predicted molar refractivity (Wildman–Crippen MR) is 84.5 cm³/mol. The van der Waals surface area contributed by atoms with Crippen molar-refractivity contribution in [1.82, 2.24) is 19.6 Å². The molecule has 0 atom stereocenters. The number of rotatable bonds is 3. The van der Waals surface area contributed by atoms with Crippen LogP contribution in [0.15, 0.2) is 0 Å². The zero-order chi connectivity index (χ0) is 15.1. The largest absolute Gasteiger partial charge is 0.340 e. The summed E-state index contributed by atoms with van der Waals surface area (Å²) in [5.41, 5.74) is 4.26. The molecule has 2 aliphatic heterocycles. The highest BCUT2D eigenvalue weighted by Crippen LogP contribution is 2.27. The van der Waals surface area contributed by atoms with Crippen molar-refractivity contribution >= 4 is 5.91 Å². The van der Waals surface area contributed by atoms with Crippen LogP contribution in [0.2, 0.25) is 0 Å². The summed E-state index contributed by atoms with van der Waals surface area (Å²) in [6, 6.07) is 0.489. The van der Waals surface area contributed by atoms with E-state index in [0.717, 1.165) is 58.3 Å². The van der Waals surface area contributed by atoms with Crippen LogP contribution < -0.4 is 0 Å². The molecule has 3 heterocycles. The number of aryl methyl sites for hydroxylation is 2. The Morgan fingerprint density at radius 1 is 1.09 bits per heavy atom. The maximum absolute atomic E-state index is 11.9. The topological polar surface area (TPSA) is 41.4 Å². The summed E-state index contributed by atoms with van der Waals surface area (Å²) in [7, 11) is 2.09. The summed E-state index contributed by atoms with van der Waals surface area (Å²) in [5.74, 6) is 0.378. The van der Waals surface area contributed by atoms with Crippen LogP contribution in [0.5, 0.6) is 0 Å². The van der Waals surface area contributed by atoms with Crippen LogP contribution >= 0.6 is 0 Å². The first-order valence-electron chi connectivity index (χ1n) is 8.78. The molecule has 1 aromatic rings. The number of likely N-dealkylation sites (tertiary alicyclic amines) is 2. The van der Waals surface area contributed by atoms with E-state index in [1.54, 1.807) is 0 Å². The van der Waals surface area contributed by atoms with Crippen LogP contribution in [-0.2, 0) is 31.2 Å². The third-order valence-electron chi connectivity index (χ3n) is 5.68. The van der Waals surface area contributed by atoms with Gasteiger partial charge in [0.1, 0.15) is 0 Å². The Morgan fingerprint density at radius 2 is 1.91 bits per heavy atom. The minimum atomic E-state index is 0.378. The van der Waals surface area contributed by atoms with E-state index in [9.17, 15) is 4.79 Å². The second-order valence-corrected chi connectivity index (χ2v) is 7.05. The molecule has 1 aromatic heterocycles. The molecule has 2 fully saturated rings. The molecule has 0 unspecified atom stereocenters. The summed E-state index contributed by atoms with van der Waals surface area (Å²) in [6.45, 7) is 4.22. The van der Waals surface area contributed by atoms with Crippen molar-refractivity contribution in [3.63, 3.8) is 0 Å². The van der Waals surface area contributed by atoms with Crippen LogP contribution in [0.25, 0.3) is 0 Å². The van der Waals surface area contributed by atoms with Crippen LogP contribution in [0, 0.1) is 0 Å². The van der Waals surface area contributed by atoms with Gasteiger partial charge in [-0.05, 0) is 44.1 Å². The van der Waals surface area contributed by atoms with Gasteiger partial charge in [-0.25, -0.2) is 0 Å². The van der Waals surface area contributed by atoms with Crippen molar-refractivity contribution in [2.24, 2.45) is 7.05 Å². The maximum atomic E-state index is 11.9. The van der Waals surface area contributed by atoms with Gasteiger partial charge >= 0.3 is 0 Å². The van der Waals surface area contributed by atoms with Gasteiger partial charge in [0.2, 0.25) is 5.91 Å². The van der Waals surface area contributed by atoms with Crippen molar-refractivity contribution in [2.45, 2.75) is 57.5 Å². The van der Waals surface area contributed by atoms with Crippen molar-refractivity contribution < 1.29 is 4.79 Å². The molecular formula is C17H26N4O. The normalized spacial score (nSPS) is 23.5. The number of fused-ring (bicyclic) bond motifs is 1. The van der Waals surface area contributed by atoms with E-state index in [2.05, 4.69) is 26.6 Å². The minimum Gasteiger partial charge on any atom is -0.340 e. The summed E-state index contributed by atoms with van der Waals surface area (Å²) in [4.78, 5) is 16.6. The number of carbonyl (C=O) groups excluding carboxylic acids is 1. The number of carbonyl (C=O) groups is 1. The highest BCUT2D eigenvalue weighted by Gasteiger charge is 2.31. The fourth-order valence-corrected chi connectivity index (χ4v) is 4.44. The predicted octanol–water partition coefficient (Wildman–Crippen LogP) is 1.50. The molecule has 0 spiro atoms. The third-order valence-corrected chi connectivity index (χ3v) is 5.68. The first-order chi connectivity index (χ1) is 10.7. The average Bonchev–Trinajstić information content (AvgIpc) is 3.19. The lowest BCUT2D eigenvalue weighted by molar-refractivity contribution is -0.130. The molecule has 5 nitrogen and oxygen atoms in total. The number of piperidine rings is 1. The minimum absolute atomic E-state index is 0.378. The molecule has 4 rings (SSSR count). The van der Waals surface area contributed by atoms with Gasteiger partial charge in [0, 0.05) is 45.7 Å². The lowest BCUT2D eigenvalue weighted by Crippen LogP contribution is -2.45. The van der Waals surface area contributed by atoms with E-state index in [1.165, 1.54) is 29.8 Å². The SMILES string of the molecule is Cn1nc2c(c1CN1CCC(N3CCCC3=O)CC1)CCC2. The first kappa shape index (κ1) is 14.2. The number of aromatic nitrogens is 2. The highest BCUT2D eigenvalue weighted by atomic mass is 16.2. The molecule has 2 saturated heterocycles. The molecule has 0 bridgehead atoms. The molecular weight excluding hydrogens is 276 g/mol. The molecule has 0 aromatic carbocycles. The van der Waals surface area contributed by atoms with E-state index in [1.807, 2.05) is 0 Å². The fraction of sp³-hybridized carbons (Fsp3) is 0.765. The summed E-state index contributed by atoms with van der Waals surface area (Å²) in [6.07, 6.45) is 7.71. The summed E-state index contributed by atoms with van der Waals surface area (Å²) in [5, 5.41) is 4.68. The van der Waals surface area contributed by atoms with Gasteiger partial charge < -0.3 is 4.90 Å². The Labute approximate surface area is 132 Å². The van der Waals surface area contributed by atoms with Gasteiger partial charge in [-0.3, -0.25) is 14.4 Å². The zero-order valence-corrected chi connectivity index (χ0v) is 13.6. The second-order valence-electron chi connectivity index (χ2n) is 7.05. The quantitative estimate of drug-likeness (QED) is 0.849. The maximum Gasteiger partial charge on any atom is 0.222 e. The van der Waals surface area contributed by atoms with Crippen LogP contribution in [0.3, 0.4) is 0 Å². The van der Waals surface area contributed by atoms with Crippen molar-refractivity contribution in [3.05, 3.63) is 17.0 Å². The Morgan fingerprint density at radius 3 is 2.64 bits per heavy atom. The van der Waals surface area contributed by atoms with Gasteiger partial charge in [-0.2, -0.15) is 5.10 Å². The van der Waals surface area contributed by atoms with Crippen LogP contribution in [-0.4, -0.2) is 51.2 Å². The van der Waals surface area contributed by atoms with Gasteiger partial charge in [0.05, 0.1) is 11.4 Å². The van der Waals surface area contributed by atoms with E-state index in [-0.39, 0.29) is 0 Å². The highest BCUT2D eigenvalue weighted by molar-refractivity contribution is 5.78. The molecule has 3 aliphatic rings. The fourth-order valence-electron chi connectivity index (χ4n) is 4.44. The second kappa shape index (κ2) is 5.69. The molecule has 5 heteroatoms. The molecule has 1 aliphatic carbocycles. The smallest absolute Gasteiger partial charge is 0.222 e. The summed E-state index contributed by atoms with van der Waals surface area (Å²) >= 11 is 0. The number of nitrogens with zero attached hydrogens (tertiary/aromatic N) is 4. The Kier molecular flexibility index (Phi) is 3.68. The lowest BCUT2D eigenvalue weighted by atomic mass is 10.0. The van der Waals surface area contributed by atoms with E-state index >= 15 is 0 Å². The number of amides is 1. The third kappa shape index (κ3) is 2.45. The molecule has 22 heavy (non-hydrogen) atoms. The van der Waals surface area contributed by atoms with Gasteiger partial charge in [-0.15, -0.1) is 0 Å². The van der Waals surface area contributed by atoms with Crippen molar-refractivity contribution in [2.75, 3.05) is 19.6 Å². The zero-order valence-electron chi connectivity index (χ0n) is 13.6.